The van der Waals surface area contributed by atoms with Crippen LogP contribution in [0.3, 0.4) is 0 Å². The molecule has 0 atom stereocenters. The number of H-pyrrole nitrogens is 1. The predicted molar refractivity (Wildman–Crippen MR) is 54.8 cm³/mol. The second-order valence-electron chi connectivity index (χ2n) is 2.71. The summed E-state index contributed by atoms with van der Waals surface area (Å²) in [5.41, 5.74) is 0.712. The van der Waals surface area contributed by atoms with E-state index in [-0.39, 0.29) is 0 Å². The SMILES string of the molecule is O=c1cc(-c2cc(Cl)ccc2Cl)[nH]o1. The average molecular weight is 230 g/mol. The van der Waals surface area contributed by atoms with Crippen LogP contribution in [0.2, 0.25) is 10.0 Å². The third-order valence-corrected chi connectivity index (χ3v) is 2.31. The van der Waals surface area contributed by atoms with Crippen LogP contribution in [0.4, 0.5) is 0 Å². The minimum absolute atomic E-state index is 0.448. The molecule has 0 radical (unpaired) electrons. The molecule has 5 heteroatoms. The molecule has 14 heavy (non-hydrogen) atoms. The minimum atomic E-state index is -0.448. The van der Waals surface area contributed by atoms with Gasteiger partial charge in [0, 0.05) is 10.6 Å². The molecule has 3 nitrogen and oxygen atoms in total. The number of nitrogens with one attached hydrogen (secondary N) is 1. The van der Waals surface area contributed by atoms with Crippen LogP contribution < -0.4 is 5.63 Å². The van der Waals surface area contributed by atoms with Crippen molar-refractivity contribution in [2.45, 2.75) is 0 Å². The van der Waals surface area contributed by atoms with Crippen LogP contribution in [0, 0.1) is 0 Å². The Morgan fingerprint density at radius 2 is 2.00 bits per heavy atom. The van der Waals surface area contributed by atoms with Crippen molar-refractivity contribution >= 4 is 23.2 Å². The maximum atomic E-state index is 10.8. The summed E-state index contributed by atoms with van der Waals surface area (Å²) in [7, 11) is 0. The minimum Gasteiger partial charge on any atom is -0.339 e. The molecule has 0 bridgehead atoms. The van der Waals surface area contributed by atoms with E-state index in [0.29, 0.717) is 21.3 Å². The molecule has 1 aromatic carbocycles. The van der Waals surface area contributed by atoms with Crippen molar-refractivity contribution in [3.05, 3.63) is 44.7 Å². The number of aromatic nitrogens is 1. The van der Waals surface area contributed by atoms with Crippen molar-refractivity contribution < 1.29 is 4.52 Å². The van der Waals surface area contributed by atoms with Gasteiger partial charge < -0.3 is 4.52 Å². The molecule has 1 heterocycles. The summed E-state index contributed by atoms with van der Waals surface area (Å²) in [4.78, 5) is 10.8. The largest absolute Gasteiger partial charge is 0.357 e. The summed E-state index contributed by atoms with van der Waals surface area (Å²) < 4.78 is 4.53. The first kappa shape index (κ1) is 9.37. The topological polar surface area (TPSA) is 46.0 Å². The Balaban J connectivity index is 2.61. The molecule has 72 valence electrons. The lowest BCUT2D eigenvalue weighted by Gasteiger charge is -2.00. The lowest BCUT2D eigenvalue weighted by Crippen LogP contribution is -1.85. The fourth-order valence-electron chi connectivity index (χ4n) is 1.12. The number of rotatable bonds is 1. The lowest BCUT2D eigenvalue weighted by molar-refractivity contribution is 0.394. The first-order chi connectivity index (χ1) is 6.66. The number of hydrogen-bond acceptors (Lipinski definition) is 2. The normalized spacial score (nSPS) is 10.4. The Bertz CT molecular complexity index is 516. The Kier molecular flexibility index (Phi) is 2.35. The van der Waals surface area contributed by atoms with E-state index >= 15 is 0 Å². The highest BCUT2D eigenvalue weighted by Gasteiger charge is 2.07. The highest BCUT2D eigenvalue weighted by molar-refractivity contribution is 6.35. The number of hydrogen-bond donors (Lipinski definition) is 1. The van der Waals surface area contributed by atoms with E-state index < -0.39 is 5.63 Å². The molecule has 0 unspecified atom stereocenters. The molecule has 0 amide bonds. The van der Waals surface area contributed by atoms with Crippen molar-refractivity contribution in [1.29, 1.82) is 0 Å². The average Bonchev–Trinajstić information content (AvgIpc) is 2.56. The van der Waals surface area contributed by atoms with Gasteiger partial charge in [-0.3, -0.25) is 0 Å². The van der Waals surface area contributed by atoms with Crippen LogP contribution in [0.15, 0.2) is 33.6 Å². The van der Waals surface area contributed by atoms with E-state index in [4.69, 9.17) is 23.2 Å². The van der Waals surface area contributed by atoms with Crippen LogP contribution in [0.25, 0.3) is 11.3 Å². The highest BCUT2D eigenvalue weighted by atomic mass is 35.5. The van der Waals surface area contributed by atoms with Gasteiger partial charge in [-0.25, -0.2) is 9.95 Å². The molecule has 0 saturated carbocycles. The third kappa shape index (κ3) is 1.69. The molecular weight excluding hydrogens is 225 g/mol. The Hall–Kier alpha value is -1.19. The van der Waals surface area contributed by atoms with Crippen molar-refractivity contribution in [1.82, 2.24) is 5.16 Å². The Morgan fingerprint density at radius 3 is 2.64 bits per heavy atom. The smallest absolute Gasteiger partial charge is 0.339 e. The fraction of sp³-hybridized carbons (Fsp3) is 0. The van der Waals surface area contributed by atoms with Crippen LogP contribution in [0.1, 0.15) is 0 Å². The number of aromatic amines is 1. The van der Waals surface area contributed by atoms with Gasteiger partial charge in [0.2, 0.25) is 0 Å². The van der Waals surface area contributed by atoms with E-state index in [2.05, 4.69) is 9.68 Å². The summed E-state index contributed by atoms with van der Waals surface area (Å²) >= 11 is 11.7. The van der Waals surface area contributed by atoms with Crippen LogP contribution >= 0.6 is 23.2 Å². The second kappa shape index (κ2) is 3.52. The molecule has 0 saturated heterocycles. The van der Waals surface area contributed by atoms with Gasteiger partial charge in [0.15, 0.2) is 0 Å². The lowest BCUT2D eigenvalue weighted by atomic mass is 10.1. The summed E-state index contributed by atoms with van der Waals surface area (Å²) in [6.45, 7) is 0. The summed E-state index contributed by atoms with van der Waals surface area (Å²) in [6, 6.07) is 6.30. The Morgan fingerprint density at radius 1 is 1.21 bits per heavy atom. The van der Waals surface area contributed by atoms with Crippen molar-refractivity contribution in [2.75, 3.05) is 0 Å². The monoisotopic (exact) mass is 229 g/mol. The maximum Gasteiger partial charge on any atom is 0.357 e. The molecule has 1 aromatic heterocycles. The van der Waals surface area contributed by atoms with E-state index in [1.54, 1.807) is 18.2 Å². The van der Waals surface area contributed by atoms with Gasteiger partial charge in [0.1, 0.15) is 0 Å². The van der Waals surface area contributed by atoms with Crippen LogP contribution in [-0.2, 0) is 0 Å². The zero-order chi connectivity index (χ0) is 10.1. The summed E-state index contributed by atoms with van der Waals surface area (Å²) in [5, 5.41) is 3.51. The molecule has 0 spiro atoms. The molecule has 2 aromatic rings. The number of halogens is 2. The summed E-state index contributed by atoms with van der Waals surface area (Å²) in [6.07, 6.45) is 0. The van der Waals surface area contributed by atoms with Gasteiger partial charge >= 0.3 is 5.63 Å². The van der Waals surface area contributed by atoms with E-state index in [1.165, 1.54) is 6.07 Å². The van der Waals surface area contributed by atoms with E-state index in [9.17, 15) is 4.79 Å². The zero-order valence-corrected chi connectivity index (χ0v) is 8.39. The molecule has 1 N–H and O–H groups in total. The van der Waals surface area contributed by atoms with Gasteiger partial charge in [-0.1, -0.05) is 23.2 Å². The van der Waals surface area contributed by atoms with E-state index in [1.807, 2.05) is 0 Å². The maximum absolute atomic E-state index is 10.8. The van der Waals surface area contributed by atoms with Gasteiger partial charge in [-0.2, -0.15) is 0 Å². The molecule has 2 rings (SSSR count). The number of benzene rings is 1. The fourth-order valence-corrected chi connectivity index (χ4v) is 1.51. The summed E-state index contributed by atoms with van der Waals surface area (Å²) in [5.74, 6) is 0. The third-order valence-electron chi connectivity index (χ3n) is 1.74. The highest BCUT2D eigenvalue weighted by Crippen LogP contribution is 2.28. The zero-order valence-electron chi connectivity index (χ0n) is 6.88. The van der Waals surface area contributed by atoms with Crippen molar-refractivity contribution in [3.63, 3.8) is 0 Å². The van der Waals surface area contributed by atoms with Gasteiger partial charge in [0.25, 0.3) is 0 Å². The van der Waals surface area contributed by atoms with Gasteiger partial charge in [0.05, 0.1) is 16.8 Å². The predicted octanol–water partition coefficient (Wildman–Crippen LogP) is 2.94. The molecule has 0 aliphatic rings. The molecular formula is C9H5Cl2NO2. The van der Waals surface area contributed by atoms with Gasteiger partial charge in [-0.15, -0.1) is 0 Å². The second-order valence-corrected chi connectivity index (χ2v) is 3.55. The van der Waals surface area contributed by atoms with Crippen molar-refractivity contribution in [2.24, 2.45) is 0 Å². The first-order valence-electron chi connectivity index (χ1n) is 3.81. The quantitative estimate of drug-likeness (QED) is 0.818. The van der Waals surface area contributed by atoms with Gasteiger partial charge in [-0.05, 0) is 18.2 Å². The molecule has 0 aliphatic carbocycles. The standard InChI is InChI=1S/C9H5Cl2NO2/c10-5-1-2-7(11)6(3-5)8-4-9(13)14-12-8/h1-4,12H. The van der Waals surface area contributed by atoms with Crippen LogP contribution in [0.5, 0.6) is 0 Å². The first-order valence-corrected chi connectivity index (χ1v) is 4.56. The molecule has 0 fully saturated rings. The Labute approximate surface area is 89.2 Å². The van der Waals surface area contributed by atoms with Crippen molar-refractivity contribution in [3.8, 4) is 11.3 Å². The van der Waals surface area contributed by atoms with E-state index in [0.717, 1.165) is 0 Å². The molecule has 0 aliphatic heterocycles. The van der Waals surface area contributed by atoms with Crippen LogP contribution in [-0.4, -0.2) is 5.16 Å².